The van der Waals surface area contributed by atoms with Crippen LogP contribution in [0.2, 0.25) is 0 Å². The standard InChI is InChI=1S/C12H10BrF2NS/c1-6-8(5-11(13)17-6)12(16)7-2-3-9(14)10(15)4-7/h2-5,12H,16H2,1H3. The lowest BCUT2D eigenvalue weighted by Crippen LogP contribution is -2.12. The van der Waals surface area contributed by atoms with Gasteiger partial charge in [0.25, 0.3) is 0 Å². The predicted molar refractivity (Wildman–Crippen MR) is 69.1 cm³/mol. The summed E-state index contributed by atoms with van der Waals surface area (Å²) in [5.74, 6) is -1.73. The van der Waals surface area contributed by atoms with E-state index in [2.05, 4.69) is 15.9 Å². The Morgan fingerprint density at radius 3 is 2.47 bits per heavy atom. The van der Waals surface area contributed by atoms with Gasteiger partial charge in [-0.15, -0.1) is 11.3 Å². The average Bonchev–Trinajstić information content (AvgIpc) is 2.61. The zero-order valence-corrected chi connectivity index (χ0v) is 11.4. The van der Waals surface area contributed by atoms with E-state index in [4.69, 9.17) is 5.73 Å². The summed E-state index contributed by atoms with van der Waals surface area (Å²) < 4.78 is 26.9. The van der Waals surface area contributed by atoms with E-state index in [1.807, 2.05) is 13.0 Å². The quantitative estimate of drug-likeness (QED) is 0.884. The molecule has 0 amide bonds. The van der Waals surface area contributed by atoms with Crippen LogP contribution in [0.25, 0.3) is 0 Å². The molecule has 0 spiro atoms. The minimum absolute atomic E-state index is 0.437. The Morgan fingerprint density at radius 2 is 1.94 bits per heavy atom. The van der Waals surface area contributed by atoms with Crippen LogP contribution in [0.4, 0.5) is 8.78 Å². The molecule has 2 rings (SSSR count). The number of hydrogen-bond donors (Lipinski definition) is 1. The van der Waals surface area contributed by atoms with E-state index in [0.29, 0.717) is 5.56 Å². The molecule has 1 atom stereocenters. The molecule has 0 fully saturated rings. The fraction of sp³-hybridized carbons (Fsp3) is 0.167. The third-order valence-corrected chi connectivity index (χ3v) is 4.13. The summed E-state index contributed by atoms with van der Waals surface area (Å²) in [6, 6.07) is 5.22. The summed E-state index contributed by atoms with van der Waals surface area (Å²) in [6.45, 7) is 1.95. The molecule has 1 nitrogen and oxygen atoms in total. The van der Waals surface area contributed by atoms with Crippen LogP contribution in [0, 0.1) is 18.6 Å². The van der Waals surface area contributed by atoms with Crippen LogP contribution >= 0.6 is 27.3 Å². The molecule has 2 aromatic rings. The number of benzene rings is 1. The molecule has 0 aliphatic heterocycles. The highest BCUT2D eigenvalue weighted by Crippen LogP contribution is 2.32. The first-order valence-corrected chi connectivity index (χ1v) is 6.56. The van der Waals surface area contributed by atoms with Crippen LogP contribution in [-0.4, -0.2) is 0 Å². The van der Waals surface area contributed by atoms with Crippen molar-refractivity contribution in [2.45, 2.75) is 13.0 Å². The molecule has 0 aliphatic rings. The minimum atomic E-state index is -0.870. The fourth-order valence-corrected chi connectivity index (χ4v) is 3.41. The van der Waals surface area contributed by atoms with Gasteiger partial charge >= 0.3 is 0 Å². The molecular formula is C12H10BrF2NS. The third-order valence-electron chi connectivity index (χ3n) is 2.56. The van der Waals surface area contributed by atoms with E-state index in [0.717, 1.165) is 26.4 Å². The van der Waals surface area contributed by atoms with Gasteiger partial charge in [0, 0.05) is 4.88 Å². The molecule has 0 saturated heterocycles. The topological polar surface area (TPSA) is 26.0 Å². The molecule has 1 aromatic carbocycles. The summed E-state index contributed by atoms with van der Waals surface area (Å²) in [5, 5.41) is 0. The normalized spacial score (nSPS) is 12.8. The van der Waals surface area contributed by atoms with Crippen LogP contribution < -0.4 is 5.73 Å². The predicted octanol–water partition coefficient (Wildman–Crippen LogP) is 4.15. The summed E-state index contributed by atoms with van der Waals surface area (Å²) in [5.41, 5.74) is 7.54. The van der Waals surface area contributed by atoms with Crippen LogP contribution in [0.1, 0.15) is 22.0 Å². The highest BCUT2D eigenvalue weighted by molar-refractivity contribution is 9.11. The molecule has 5 heteroatoms. The number of aryl methyl sites for hydroxylation is 1. The van der Waals surface area contributed by atoms with Crippen molar-refractivity contribution < 1.29 is 8.78 Å². The minimum Gasteiger partial charge on any atom is -0.320 e. The smallest absolute Gasteiger partial charge is 0.159 e. The molecule has 0 bridgehead atoms. The van der Waals surface area contributed by atoms with Crippen molar-refractivity contribution in [2.75, 3.05) is 0 Å². The van der Waals surface area contributed by atoms with Crippen molar-refractivity contribution in [3.63, 3.8) is 0 Å². The van der Waals surface area contributed by atoms with E-state index >= 15 is 0 Å². The Labute approximate surface area is 110 Å². The van der Waals surface area contributed by atoms with Gasteiger partial charge in [0.1, 0.15) is 0 Å². The highest BCUT2D eigenvalue weighted by Gasteiger charge is 2.15. The Balaban J connectivity index is 2.40. The molecule has 0 saturated carbocycles. The first kappa shape index (κ1) is 12.7. The lowest BCUT2D eigenvalue weighted by Gasteiger charge is -2.12. The van der Waals surface area contributed by atoms with Crippen molar-refractivity contribution in [1.82, 2.24) is 0 Å². The van der Waals surface area contributed by atoms with Crippen molar-refractivity contribution in [2.24, 2.45) is 5.73 Å². The largest absolute Gasteiger partial charge is 0.320 e. The van der Waals surface area contributed by atoms with Crippen LogP contribution in [0.5, 0.6) is 0 Å². The van der Waals surface area contributed by atoms with Crippen molar-refractivity contribution in [3.05, 3.63) is 55.7 Å². The molecule has 1 aromatic heterocycles. The van der Waals surface area contributed by atoms with E-state index in [1.54, 1.807) is 11.3 Å². The van der Waals surface area contributed by atoms with E-state index in [1.165, 1.54) is 6.07 Å². The van der Waals surface area contributed by atoms with Gasteiger partial charge in [-0.2, -0.15) is 0 Å². The maximum Gasteiger partial charge on any atom is 0.159 e. The van der Waals surface area contributed by atoms with Gasteiger partial charge in [0.2, 0.25) is 0 Å². The van der Waals surface area contributed by atoms with Gasteiger partial charge in [-0.1, -0.05) is 6.07 Å². The second-order valence-electron chi connectivity index (χ2n) is 3.71. The second-order valence-corrected chi connectivity index (χ2v) is 6.35. The van der Waals surface area contributed by atoms with E-state index in [9.17, 15) is 8.78 Å². The maximum absolute atomic E-state index is 13.1. The first-order valence-electron chi connectivity index (χ1n) is 4.95. The molecule has 17 heavy (non-hydrogen) atoms. The summed E-state index contributed by atoms with van der Waals surface area (Å²) in [4.78, 5) is 1.06. The molecule has 1 unspecified atom stereocenters. The fourth-order valence-electron chi connectivity index (χ4n) is 1.65. The lowest BCUT2D eigenvalue weighted by molar-refractivity contribution is 0.506. The molecule has 0 radical (unpaired) electrons. The number of nitrogens with two attached hydrogens (primary N) is 1. The van der Waals surface area contributed by atoms with Gasteiger partial charge in [-0.25, -0.2) is 8.78 Å². The van der Waals surface area contributed by atoms with Crippen molar-refractivity contribution in [1.29, 1.82) is 0 Å². The van der Waals surface area contributed by atoms with Gasteiger partial charge in [-0.05, 0) is 52.2 Å². The molecule has 0 aliphatic carbocycles. The summed E-state index contributed by atoms with van der Waals surface area (Å²) in [7, 11) is 0. The molecule has 90 valence electrons. The Hall–Kier alpha value is -0.780. The van der Waals surface area contributed by atoms with Crippen LogP contribution in [-0.2, 0) is 0 Å². The van der Waals surface area contributed by atoms with Crippen LogP contribution in [0.3, 0.4) is 0 Å². The average molecular weight is 318 g/mol. The zero-order valence-electron chi connectivity index (χ0n) is 9.01. The van der Waals surface area contributed by atoms with Gasteiger partial charge in [0.15, 0.2) is 11.6 Å². The van der Waals surface area contributed by atoms with E-state index < -0.39 is 17.7 Å². The van der Waals surface area contributed by atoms with Crippen molar-refractivity contribution >= 4 is 27.3 Å². The molecule has 2 N–H and O–H groups in total. The van der Waals surface area contributed by atoms with Crippen LogP contribution in [0.15, 0.2) is 28.1 Å². The third kappa shape index (κ3) is 2.56. The van der Waals surface area contributed by atoms with E-state index in [-0.39, 0.29) is 0 Å². The molecule has 1 heterocycles. The number of thiophene rings is 1. The van der Waals surface area contributed by atoms with Gasteiger partial charge in [0.05, 0.1) is 9.83 Å². The van der Waals surface area contributed by atoms with Gasteiger partial charge in [-0.3, -0.25) is 0 Å². The highest BCUT2D eigenvalue weighted by atomic mass is 79.9. The van der Waals surface area contributed by atoms with Crippen molar-refractivity contribution in [3.8, 4) is 0 Å². The second kappa shape index (κ2) is 4.84. The number of hydrogen-bond acceptors (Lipinski definition) is 2. The Kier molecular flexibility index (Phi) is 3.61. The Bertz CT molecular complexity index is 553. The number of halogens is 3. The monoisotopic (exact) mass is 317 g/mol. The maximum atomic E-state index is 13.1. The zero-order chi connectivity index (χ0) is 12.6. The SMILES string of the molecule is Cc1sc(Br)cc1C(N)c1ccc(F)c(F)c1. The first-order chi connectivity index (χ1) is 7.99. The van der Waals surface area contributed by atoms with Gasteiger partial charge < -0.3 is 5.73 Å². The molecular weight excluding hydrogens is 308 g/mol. The summed E-state index contributed by atoms with van der Waals surface area (Å²) >= 11 is 4.95. The number of rotatable bonds is 2. The summed E-state index contributed by atoms with van der Waals surface area (Å²) in [6.07, 6.45) is 0. The Morgan fingerprint density at radius 1 is 1.24 bits per heavy atom. The lowest BCUT2D eigenvalue weighted by atomic mass is 10.0.